The van der Waals surface area contributed by atoms with Crippen molar-refractivity contribution in [3.63, 3.8) is 0 Å². The fourth-order valence-electron chi connectivity index (χ4n) is 2.21. The number of halogens is 1. The number of para-hydroxylation sites is 1. The van der Waals surface area contributed by atoms with Crippen molar-refractivity contribution in [2.45, 2.75) is 45.7 Å². The van der Waals surface area contributed by atoms with Crippen LogP contribution < -0.4 is 5.32 Å². The van der Waals surface area contributed by atoms with Gasteiger partial charge in [0.15, 0.2) is 11.6 Å². The molecule has 0 aromatic heterocycles. The summed E-state index contributed by atoms with van der Waals surface area (Å²) >= 11 is 0. The van der Waals surface area contributed by atoms with E-state index in [1.165, 1.54) is 13.0 Å². The zero-order valence-corrected chi connectivity index (χ0v) is 13.2. The van der Waals surface area contributed by atoms with Crippen LogP contribution in [0.2, 0.25) is 0 Å². The maximum absolute atomic E-state index is 13.2. The summed E-state index contributed by atoms with van der Waals surface area (Å²) in [4.78, 5) is 24.7. The summed E-state index contributed by atoms with van der Waals surface area (Å²) in [5.74, 6) is -1.07. The van der Waals surface area contributed by atoms with Crippen LogP contribution in [0, 0.1) is 5.82 Å². The third-order valence-electron chi connectivity index (χ3n) is 3.67. The van der Waals surface area contributed by atoms with E-state index < -0.39 is 11.6 Å². The lowest BCUT2D eigenvalue weighted by Crippen LogP contribution is -2.43. The van der Waals surface area contributed by atoms with E-state index in [9.17, 15) is 19.1 Å². The van der Waals surface area contributed by atoms with E-state index in [0.29, 0.717) is 18.4 Å². The predicted molar refractivity (Wildman–Crippen MR) is 82.1 cm³/mol. The average Bonchev–Trinajstić information content (AvgIpc) is 2.48. The van der Waals surface area contributed by atoms with Gasteiger partial charge in [-0.15, -0.1) is 0 Å². The van der Waals surface area contributed by atoms with Crippen LogP contribution in [-0.2, 0) is 11.3 Å². The molecule has 0 heterocycles. The second kappa shape index (κ2) is 8.36. The van der Waals surface area contributed by atoms with E-state index in [0.717, 1.165) is 12.5 Å². The average molecular weight is 310 g/mol. The molecule has 0 aliphatic heterocycles. The van der Waals surface area contributed by atoms with Gasteiger partial charge < -0.3 is 20.1 Å². The van der Waals surface area contributed by atoms with Gasteiger partial charge in [0.05, 0.1) is 0 Å². The normalized spacial score (nSPS) is 11.8. The van der Waals surface area contributed by atoms with E-state index >= 15 is 0 Å². The summed E-state index contributed by atoms with van der Waals surface area (Å²) in [5, 5.41) is 12.2. The van der Waals surface area contributed by atoms with Crippen LogP contribution >= 0.6 is 0 Å². The Morgan fingerprint density at radius 1 is 1.41 bits per heavy atom. The lowest BCUT2D eigenvalue weighted by Gasteiger charge is -2.27. The Kier molecular flexibility index (Phi) is 6.82. The second-order valence-electron chi connectivity index (χ2n) is 5.32. The molecule has 0 unspecified atom stereocenters. The number of urea groups is 1. The zero-order valence-electron chi connectivity index (χ0n) is 13.2. The van der Waals surface area contributed by atoms with Crippen LogP contribution in [0.25, 0.3) is 0 Å². The Morgan fingerprint density at radius 2 is 2.09 bits per heavy atom. The van der Waals surface area contributed by atoms with E-state index in [2.05, 4.69) is 5.32 Å². The van der Waals surface area contributed by atoms with Crippen molar-refractivity contribution in [1.82, 2.24) is 10.2 Å². The largest absolute Gasteiger partial charge is 0.505 e. The van der Waals surface area contributed by atoms with Crippen LogP contribution in [-0.4, -0.2) is 34.9 Å². The number of hydrogen-bond donors (Lipinski definition) is 2. The Balaban J connectivity index is 2.59. The molecule has 2 N–H and O–H groups in total. The molecular formula is C16H23FN2O3. The molecule has 122 valence electrons. The van der Waals surface area contributed by atoms with Crippen molar-refractivity contribution >= 4 is 11.8 Å². The summed E-state index contributed by atoms with van der Waals surface area (Å²) in [7, 11) is 1.66. The molecule has 0 spiro atoms. The standard InChI is InChI=1S/C16H23FN2O3/c1-4-13(9-8-11(2)20)19(3)16(22)18-10-12-6-5-7-14(17)15(12)21/h5-7,13,21H,4,8-10H2,1-3H3,(H,18,22)/t13-/m0/s1. The number of rotatable bonds is 7. The molecule has 1 aromatic rings. The third-order valence-corrected chi connectivity index (χ3v) is 3.67. The van der Waals surface area contributed by atoms with E-state index in [1.807, 2.05) is 6.92 Å². The molecule has 0 fully saturated rings. The molecule has 6 heteroatoms. The number of ketones is 1. The van der Waals surface area contributed by atoms with E-state index in [1.54, 1.807) is 18.0 Å². The van der Waals surface area contributed by atoms with Crippen LogP contribution in [0.4, 0.5) is 9.18 Å². The van der Waals surface area contributed by atoms with Gasteiger partial charge in [0.25, 0.3) is 0 Å². The first-order chi connectivity index (χ1) is 10.4. The maximum atomic E-state index is 13.2. The first kappa shape index (κ1) is 17.9. The fourth-order valence-corrected chi connectivity index (χ4v) is 2.21. The Morgan fingerprint density at radius 3 is 2.68 bits per heavy atom. The highest BCUT2D eigenvalue weighted by Crippen LogP contribution is 2.20. The lowest BCUT2D eigenvalue weighted by molar-refractivity contribution is -0.117. The minimum absolute atomic E-state index is 0.0370. The molecular weight excluding hydrogens is 287 g/mol. The number of nitrogens with one attached hydrogen (secondary N) is 1. The number of nitrogens with zero attached hydrogens (tertiary/aromatic N) is 1. The number of hydrogen-bond acceptors (Lipinski definition) is 3. The Bertz CT molecular complexity index is 534. The molecule has 0 aliphatic carbocycles. The van der Waals surface area contributed by atoms with Crippen LogP contribution in [0.1, 0.15) is 38.7 Å². The minimum Gasteiger partial charge on any atom is -0.505 e. The molecule has 22 heavy (non-hydrogen) atoms. The minimum atomic E-state index is -0.715. The molecule has 1 atom stereocenters. The fraction of sp³-hybridized carbons (Fsp3) is 0.500. The number of phenols is 1. The molecule has 1 rings (SSSR count). The van der Waals surface area contributed by atoms with Crippen molar-refractivity contribution in [2.75, 3.05) is 7.05 Å². The maximum Gasteiger partial charge on any atom is 0.317 e. The number of carbonyl (C=O) groups excluding carboxylic acids is 2. The molecule has 5 nitrogen and oxygen atoms in total. The number of benzene rings is 1. The van der Waals surface area contributed by atoms with Gasteiger partial charge in [-0.3, -0.25) is 0 Å². The highest BCUT2D eigenvalue weighted by atomic mass is 19.1. The first-order valence-electron chi connectivity index (χ1n) is 7.33. The highest BCUT2D eigenvalue weighted by Gasteiger charge is 2.19. The van der Waals surface area contributed by atoms with Crippen molar-refractivity contribution in [3.8, 4) is 5.75 Å². The number of Topliss-reactive ketones (excluding diaryl/α,β-unsaturated/α-hetero) is 1. The molecule has 0 saturated carbocycles. The number of carbonyl (C=O) groups is 2. The second-order valence-corrected chi connectivity index (χ2v) is 5.32. The number of phenolic OH excluding ortho intramolecular Hbond substituents is 1. The summed E-state index contributed by atoms with van der Waals surface area (Å²) in [6, 6.07) is 3.82. The van der Waals surface area contributed by atoms with Gasteiger partial charge >= 0.3 is 6.03 Å². The SMILES string of the molecule is CC[C@@H](CCC(C)=O)N(C)C(=O)NCc1cccc(F)c1O. The highest BCUT2D eigenvalue weighted by molar-refractivity contribution is 5.76. The summed E-state index contributed by atoms with van der Waals surface area (Å²) in [5.41, 5.74) is 0.318. The van der Waals surface area contributed by atoms with Gasteiger partial charge in [0.1, 0.15) is 5.78 Å². The summed E-state index contributed by atoms with van der Waals surface area (Å²) < 4.78 is 13.2. The first-order valence-corrected chi connectivity index (χ1v) is 7.33. The predicted octanol–water partition coefficient (Wildman–Crippen LogP) is 2.82. The molecule has 2 amide bonds. The van der Waals surface area contributed by atoms with E-state index in [-0.39, 0.29) is 24.4 Å². The van der Waals surface area contributed by atoms with Gasteiger partial charge in [-0.25, -0.2) is 9.18 Å². The number of aromatic hydroxyl groups is 1. The van der Waals surface area contributed by atoms with E-state index in [4.69, 9.17) is 0 Å². The van der Waals surface area contributed by atoms with Crippen LogP contribution in [0.3, 0.4) is 0 Å². The summed E-state index contributed by atoms with van der Waals surface area (Å²) in [6.45, 7) is 3.52. The topological polar surface area (TPSA) is 69.6 Å². The number of amides is 2. The van der Waals surface area contributed by atoms with Crippen molar-refractivity contribution in [1.29, 1.82) is 0 Å². The van der Waals surface area contributed by atoms with Crippen LogP contribution in [0.15, 0.2) is 18.2 Å². The Hall–Kier alpha value is -2.11. The monoisotopic (exact) mass is 310 g/mol. The van der Waals surface area contributed by atoms with Gasteiger partial charge in [0.2, 0.25) is 0 Å². The lowest BCUT2D eigenvalue weighted by atomic mass is 10.1. The zero-order chi connectivity index (χ0) is 16.7. The summed E-state index contributed by atoms with van der Waals surface area (Å²) in [6.07, 6.45) is 1.78. The van der Waals surface area contributed by atoms with Gasteiger partial charge in [0, 0.05) is 31.6 Å². The molecule has 1 aromatic carbocycles. The molecule has 0 bridgehead atoms. The molecule has 0 saturated heterocycles. The van der Waals surface area contributed by atoms with Crippen LogP contribution in [0.5, 0.6) is 5.75 Å². The van der Waals surface area contributed by atoms with Gasteiger partial charge in [-0.1, -0.05) is 19.1 Å². The quantitative estimate of drug-likeness (QED) is 0.813. The smallest absolute Gasteiger partial charge is 0.317 e. The molecule has 0 aliphatic rings. The van der Waals surface area contributed by atoms with Crippen molar-refractivity contribution in [2.24, 2.45) is 0 Å². The molecule has 0 radical (unpaired) electrons. The van der Waals surface area contributed by atoms with Crippen molar-refractivity contribution < 1.29 is 19.1 Å². The Labute approximate surface area is 130 Å². The van der Waals surface area contributed by atoms with Crippen molar-refractivity contribution in [3.05, 3.63) is 29.6 Å². The third kappa shape index (κ3) is 5.02. The van der Waals surface area contributed by atoms with Gasteiger partial charge in [-0.2, -0.15) is 0 Å². The van der Waals surface area contributed by atoms with Gasteiger partial charge in [-0.05, 0) is 25.8 Å².